The van der Waals surface area contributed by atoms with Crippen LogP contribution in [-0.4, -0.2) is 57.6 Å². The van der Waals surface area contributed by atoms with Gasteiger partial charge in [0.2, 0.25) is 11.9 Å². The van der Waals surface area contributed by atoms with E-state index in [1.165, 1.54) is 5.69 Å². The molecule has 1 saturated heterocycles. The lowest BCUT2D eigenvalue weighted by atomic mass is 10.2. The number of imidazole rings is 1. The van der Waals surface area contributed by atoms with Crippen LogP contribution in [-0.2, 0) is 0 Å². The van der Waals surface area contributed by atoms with Gasteiger partial charge in [-0.05, 0) is 56.3 Å². The molecule has 2 aliphatic rings. The SMILES string of the molecule is Brc1ccccc1.CN1CCN(c2ccc(Nc3ncc4nc(N)n(C5CC5)c4n3)cc2)CC1. The number of piperazine rings is 1. The molecule has 1 aliphatic heterocycles. The van der Waals surface area contributed by atoms with Crippen molar-refractivity contribution in [3.05, 3.63) is 65.3 Å². The van der Waals surface area contributed by atoms with E-state index < -0.39 is 0 Å². The van der Waals surface area contributed by atoms with E-state index in [4.69, 9.17) is 5.73 Å². The van der Waals surface area contributed by atoms with E-state index in [9.17, 15) is 0 Å². The fourth-order valence-corrected chi connectivity index (χ4v) is 4.33. The van der Waals surface area contributed by atoms with Crippen molar-refractivity contribution in [2.45, 2.75) is 18.9 Å². The summed E-state index contributed by atoms with van der Waals surface area (Å²) in [5.74, 6) is 1.09. The van der Waals surface area contributed by atoms with Gasteiger partial charge in [-0.3, -0.25) is 4.57 Å². The Morgan fingerprint density at radius 3 is 2.26 bits per heavy atom. The van der Waals surface area contributed by atoms with Crippen LogP contribution in [0.4, 0.5) is 23.3 Å². The Bertz CT molecular complexity index is 1230. The van der Waals surface area contributed by atoms with Gasteiger partial charge in [0.25, 0.3) is 0 Å². The molecular weight excluding hydrogens is 492 g/mol. The highest BCUT2D eigenvalue weighted by atomic mass is 79.9. The van der Waals surface area contributed by atoms with Crippen molar-refractivity contribution in [1.29, 1.82) is 0 Å². The molecule has 9 heteroatoms. The number of nitrogens with two attached hydrogens (primary N) is 1. The molecule has 0 bridgehead atoms. The number of halogens is 1. The van der Waals surface area contributed by atoms with Gasteiger partial charge in [0.1, 0.15) is 5.52 Å². The molecule has 0 spiro atoms. The molecule has 176 valence electrons. The summed E-state index contributed by atoms with van der Waals surface area (Å²) >= 11 is 3.31. The molecule has 3 N–H and O–H groups in total. The average molecular weight is 521 g/mol. The van der Waals surface area contributed by atoms with Gasteiger partial charge in [0.15, 0.2) is 5.65 Å². The lowest BCUT2D eigenvalue weighted by Crippen LogP contribution is -2.44. The van der Waals surface area contributed by atoms with Crippen LogP contribution >= 0.6 is 15.9 Å². The van der Waals surface area contributed by atoms with E-state index in [0.717, 1.165) is 60.3 Å². The smallest absolute Gasteiger partial charge is 0.229 e. The van der Waals surface area contributed by atoms with E-state index >= 15 is 0 Å². The van der Waals surface area contributed by atoms with Crippen molar-refractivity contribution < 1.29 is 0 Å². The third-order valence-electron chi connectivity index (χ3n) is 6.10. The third-order valence-corrected chi connectivity index (χ3v) is 6.63. The number of benzene rings is 2. The molecule has 0 amide bonds. The minimum absolute atomic E-state index is 0.431. The maximum Gasteiger partial charge on any atom is 0.229 e. The lowest BCUT2D eigenvalue weighted by molar-refractivity contribution is 0.313. The summed E-state index contributed by atoms with van der Waals surface area (Å²) in [7, 11) is 2.17. The second-order valence-electron chi connectivity index (χ2n) is 8.73. The summed E-state index contributed by atoms with van der Waals surface area (Å²) in [4.78, 5) is 18.2. The number of hydrogen-bond acceptors (Lipinski definition) is 7. The molecule has 2 fully saturated rings. The van der Waals surface area contributed by atoms with Crippen LogP contribution in [0, 0.1) is 0 Å². The Kier molecular flexibility index (Phi) is 6.64. The maximum absolute atomic E-state index is 6.05. The molecule has 1 aliphatic carbocycles. The van der Waals surface area contributed by atoms with Crippen LogP contribution in [0.15, 0.2) is 65.3 Å². The van der Waals surface area contributed by atoms with E-state index in [-0.39, 0.29) is 0 Å². The summed E-state index contributed by atoms with van der Waals surface area (Å²) in [5.41, 5.74) is 9.83. The summed E-state index contributed by atoms with van der Waals surface area (Å²) in [6.45, 7) is 4.34. The zero-order valence-corrected chi connectivity index (χ0v) is 20.8. The van der Waals surface area contributed by atoms with Crippen LogP contribution < -0.4 is 16.0 Å². The van der Waals surface area contributed by atoms with Gasteiger partial charge in [-0.2, -0.15) is 4.98 Å². The molecule has 3 heterocycles. The summed E-state index contributed by atoms with van der Waals surface area (Å²) in [6.07, 6.45) is 4.00. The summed E-state index contributed by atoms with van der Waals surface area (Å²) in [5, 5.41) is 3.30. The topological polar surface area (TPSA) is 88.1 Å². The van der Waals surface area contributed by atoms with Gasteiger partial charge in [-0.25, -0.2) is 9.97 Å². The van der Waals surface area contributed by atoms with E-state index in [1.807, 2.05) is 34.9 Å². The van der Waals surface area contributed by atoms with Gasteiger partial charge < -0.3 is 20.9 Å². The van der Waals surface area contributed by atoms with Gasteiger partial charge in [-0.15, -0.1) is 0 Å². The fourth-order valence-electron chi connectivity index (χ4n) is 4.03. The minimum Gasteiger partial charge on any atom is -0.369 e. The Morgan fingerprint density at radius 2 is 1.65 bits per heavy atom. The number of nitrogen functional groups attached to an aromatic ring is 1. The molecule has 0 atom stereocenters. The first-order chi connectivity index (χ1) is 16.6. The first kappa shape index (κ1) is 22.6. The van der Waals surface area contributed by atoms with Crippen molar-refractivity contribution >= 4 is 50.4 Å². The monoisotopic (exact) mass is 520 g/mol. The molecule has 4 aromatic rings. The van der Waals surface area contributed by atoms with E-state index in [2.05, 4.69) is 77.3 Å². The second kappa shape index (κ2) is 9.99. The first-order valence-corrected chi connectivity index (χ1v) is 12.4. The number of likely N-dealkylation sites (N-methyl/N-ethyl adjacent to an activating group) is 1. The molecule has 2 aromatic carbocycles. The van der Waals surface area contributed by atoms with Crippen LogP contribution in [0.3, 0.4) is 0 Å². The predicted molar refractivity (Wildman–Crippen MR) is 142 cm³/mol. The quantitative estimate of drug-likeness (QED) is 0.403. The Balaban J connectivity index is 0.000000297. The van der Waals surface area contributed by atoms with Crippen molar-refractivity contribution in [3.63, 3.8) is 0 Å². The average Bonchev–Trinajstić information content (AvgIpc) is 3.63. The van der Waals surface area contributed by atoms with Gasteiger partial charge in [0, 0.05) is 48.1 Å². The number of aromatic nitrogens is 4. The number of hydrogen-bond donors (Lipinski definition) is 2. The molecule has 0 radical (unpaired) electrons. The van der Waals surface area contributed by atoms with Crippen LogP contribution in [0.2, 0.25) is 0 Å². The predicted octanol–water partition coefficient (Wildman–Crippen LogP) is 4.69. The molecule has 1 saturated carbocycles. The minimum atomic E-state index is 0.431. The Morgan fingerprint density at radius 1 is 0.941 bits per heavy atom. The second-order valence-corrected chi connectivity index (χ2v) is 9.65. The zero-order valence-electron chi connectivity index (χ0n) is 19.2. The van der Waals surface area contributed by atoms with E-state index in [0.29, 0.717) is 17.9 Å². The van der Waals surface area contributed by atoms with Crippen molar-refractivity contribution in [3.8, 4) is 0 Å². The Hall–Kier alpha value is -3.17. The molecular formula is C25H29BrN8. The number of fused-ring (bicyclic) bond motifs is 1. The molecule has 2 aromatic heterocycles. The summed E-state index contributed by atoms with van der Waals surface area (Å²) in [6, 6.07) is 18.9. The normalized spacial score (nSPS) is 16.2. The van der Waals surface area contributed by atoms with Crippen LogP contribution in [0.5, 0.6) is 0 Å². The highest BCUT2D eigenvalue weighted by Crippen LogP contribution is 2.39. The largest absolute Gasteiger partial charge is 0.369 e. The van der Waals surface area contributed by atoms with Gasteiger partial charge in [-0.1, -0.05) is 34.1 Å². The molecule has 8 nitrogen and oxygen atoms in total. The first-order valence-electron chi connectivity index (χ1n) is 11.6. The number of anilines is 4. The van der Waals surface area contributed by atoms with Gasteiger partial charge >= 0.3 is 0 Å². The van der Waals surface area contributed by atoms with Crippen molar-refractivity contribution in [2.24, 2.45) is 0 Å². The standard InChI is InChI=1S/C19H24N8.C6H5Br/c1-25-8-10-26(11-9-25)14-4-2-13(3-5-14)22-19-21-12-16-17(24-19)27(15-6-7-15)18(20)23-16;7-6-4-2-1-3-5-6/h2-5,12,15H,6-11H2,1H3,(H2,20,23)(H,21,22,24);1-5H. The summed E-state index contributed by atoms with van der Waals surface area (Å²) < 4.78 is 3.16. The van der Waals surface area contributed by atoms with Crippen molar-refractivity contribution in [2.75, 3.05) is 49.2 Å². The van der Waals surface area contributed by atoms with Gasteiger partial charge in [0.05, 0.1) is 6.20 Å². The molecule has 0 unspecified atom stereocenters. The maximum atomic E-state index is 6.05. The van der Waals surface area contributed by atoms with Crippen LogP contribution in [0.1, 0.15) is 18.9 Å². The van der Waals surface area contributed by atoms with Crippen molar-refractivity contribution in [1.82, 2.24) is 24.4 Å². The zero-order chi connectivity index (χ0) is 23.5. The number of nitrogens with one attached hydrogen (secondary N) is 1. The fraction of sp³-hybridized carbons (Fsp3) is 0.320. The molecule has 6 rings (SSSR count). The number of nitrogens with zero attached hydrogens (tertiary/aromatic N) is 6. The molecule has 34 heavy (non-hydrogen) atoms. The Labute approximate surface area is 207 Å². The highest BCUT2D eigenvalue weighted by molar-refractivity contribution is 9.10. The van der Waals surface area contributed by atoms with Crippen LogP contribution in [0.25, 0.3) is 11.2 Å². The third kappa shape index (κ3) is 5.31. The van der Waals surface area contributed by atoms with E-state index in [1.54, 1.807) is 6.20 Å². The lowest BCUT2D eigenvalue weighted by Gasteiger charge is -2.34. The highest BCUT2D eigenvalue weighted by Gasteiger charge is 2.28. The number of rotatable bonds is 4.